The quantitative estimate of drug-likeness (QED) is 0.174. The number of nitrogens with zero attached hydrogens (tertiary/aromatic N) is 4. The lowest BCUT2D eigenvalue weighted by Crippen LogP contribution is -2.77. The third-order valence-corrected chi connectivity index (χ3v) is 14.4. The SMILES string of the molecule is c1ccc(-c2nc(-c3ccc(N4c5ccccc5[Si](c5ccccc5)(c5ccccc5)c5ccccc54)cc3)nn2-c2ccccc2)cc1. The van der Waals surface area contributed by atoms with Gasteiger partial charge in [0, 0.05) is 28.2 Å². The molecule has 5 heteroatoms. The molecule has 1 aliphatic rings. The molecule has 0 N–H and O–H groups in total. The van der Waals surface area contributed by atoms with Crippen LogP contribution in [0, 0.1) is 0 Å². The van der Waals surface area contributed by atoms with Crippen LogP contribution in [0.3, 0.4) is 0 Å². The van der Waals surface area contributed by atoms with Gasteiger partial charge in [0.15, 0.2) is 19.7 Å². The zero-order valence-electron chi connectivity index (χ0n) is 26.8. The number of hydrogen-bond donors (Lipinski definition) is 0. The topological polar surface area (TPSA) is 34.0 Å². The molecule has 49 heavy (non-hydrogen) atoms. The van der Waals surface area contributed by atoms with E-state index in [9.17, 15) is 0 Å². The highest BCUT2D eigenvalue weighted by atomic mass is 28.3. The Labute approximate surface area is 287 Å². The molecule has 8 aromatic rings. The van der Waals surface area contributed by atoms with Gasteiger partial charge in [-0.2, -0.15) is 0 Å². The predicted octanol–water partition coefficient (Wildman–Crippen LogP) is 7.76. The van der Waals surface area contributed by atoms with Crippen molar-refractivity contribution in [2.24, 2.45) is 0 Å². The van der Waals surface area contributed by atoms with Crippen LogP contribution in [-0.4, -0.2) is 22.8 Å². The van der Waals surface area contributed by atoms with Gasteiger partial charge in [-0.15, -0.1) is 5.10 Å². The lowest BCUT2D eigenvalue weighted by molar-refractivity contribution is 0.890. The highest BCUT2D eigenvalue weighted by molar-refractivity contribution is 7.21. The first-order valence-corrected chi connectivity index (χ1v) is 18.6. The molecule has 0 saturated carbocycles. The van der Waals surface area contributed by atoms with Crippen molar-refractivity contribution < 1.29 is 0 Å². The molecule has 7 aromatic carbocycles. The van der Waals surface area contributed by atoms with Gasteiger partial charge in [-0.3, -0.25) is 0 Å². The summed E-state index contributed by atoms with van der Waals surface area (Å²) in [4.78, 5) is 7.50. The molecule has 2 heterocycles. The molecule has 9 rings (SSSR count). The van der Waals surface area contributed by atoms with Crippen molar-refractivity contribution in [1.82, 2.24) is 14.8 Å². The van der Waals surface area contributed by atoms with E-state index in [1.807, 2.05) is 41.1 Å². The summed E-state index contributed by atoms with van der Waals surface area (Å²) >= 11 is 0. The first-order chi connectivity index (χ1) is 24.3. The Hall–Kier alpha value is -6.30. The van der Waals surface area contributed by atoms with Crippen molar-refractivity contribution >= 4 is 45.9 Å². The second-order valence-corrected chi connectivity index (χ2v) is 16.0. The molecule has 1 aliphatic heterocycles. The van der Waals surface area contributed by atoms with Gasteiger partial charge in [-0.05, 0) is 69.3 Å². The summed E-state index contributed by atoms with van der Waals surface area (Å²) in [5.74, 6) is 1.50. The predicted molar refractivity (Wildman–Crippen MR) is 204 cm³/mol. The number of aromatic nitrogens is 3. The van der Waals surface area contributed by atoms with E-state index in [0.717, 1.165) is 28.3 Å². The minimum atomic E-state index is -2.65. The molecule has 0 amide bonds. The minimum absolute atomic E-state index is 0.688. The third kappa shape index (κ3) is 4.74. The Kier molecular flexibility index (Phi) is 7.10. The Morgan fingerprint density at radius 3 is 1.41 bits per heavy atom. The molecule has 0 unspecified atom stereocenters. The van der Waals surface area contributed by atoms with Crippen LogP contribution in [0.5, 0.6) is 0 Å². The normalized spacial score (nSPS) is 13.0. The van der Waals surface area contributed by atoms with E-state index in [-0.39, 0.29) is 0 Å². The van der Waals surface area contributed by atoms with E-state index in [1.54, 1.807) is 0 Å². The second-order valence-electron chi connectivity index (χ2n) is 12.3. The number of fused-ring (bicyclic) bond motifs is 2. The first kappa shape index (κ1) is 28.9. The standard InChI is InChI=1S/C44H32N4Si/c1-5-17-34(18-6-1)44-45-43(46-48(44)36-19-7-2-8-20-36)33-29-31-35(32-30-33)47-39-25-13-15-27-41(39)49(37-21-9-3-10-22-37,38-23-11-4-12-24-38)42-28-16-14-26-40(42)47/h1-32H. The fourth-order valence-electron chi connectivity index (χ4n) is 7.41. The van der Waals surface area contributed by atoms with E-state index >= 15 is 0 Å². The fraction of sp³-hybridized carbons (Fsp3) is 0. The maximum atomic E-state index is 5.07. The largest absolute Gasteiger partial charge is 0.311 e. The highest BCUT2D eigenvalue weighted by Gasteiger charge is 2.48. The zero-order valence-corrected chi connectivity index (χ0v) is 27.8. The summed E-state index contributed by atoms with van der Waals surface area (Å²) in [6.07, 6.45) is 0. The van der Waals surface area contributed by atoms with Crippen molar-refractivity contribution in [3.8, 4) is 28.5 Å². The van der Waals surface area contributed by atoms with Crippen LogP contribution in [0.25, 0.3) is 28.5 Å². The first-order valence-electron chi connectivity index (χ1n) is 16.6. The van der Waals surface area contributed by atoms with Crippen LogP contribution in [0.15, 0.2) is 194 Å². The summed E-state index contributed by atoms with van der Waals surface area (Å²) in [5, 5.41) is 10.5. The molecular weight excluding hydrogens is 613 g/mol. The highest BCUT2D eigenvalue weighted by Crippen LogP contribution is 2.39. The molecule has 232 valence electrons. The summed E-state index contributed by atoms with van der Waals surface area (Å²) in [5.41, 5.74) is 6.48. The molecule has 0 bridgehead atoms. The van der Waals surface area contributed by atoms with Gasteiger partial charge in [0.25, 0.3) is 0 Å². The summed E-state index contributed by atoms with van der Waals surface area (Å²) in [7, 11) is -2.65. The summed E-state index contributed by atoms with van der Waals surface area (Å²) in [6.45, 7) is 0. The number of hydrogen-bond acceptors (Lipinski definition) is 3. The Morgan fingerprint density at radius 2 is 0.857 bits per heavy atom. The molecule has 0 saturated heterocycles. The van der Waals surface area contributed by atoms with Crippen molar-refractivity contribution in [2.75, 3.05) is 4.90 Å². The van der Waals surface area contributed by atoms with Crippen LogP contribution in [0.2, 0.25) is 0 Å². The van der Waals surface area contributed by atoms with E-state index in [2.05, 4.69) is 163 Å². The maximum absolute atomic E-state index is 5.07. The fourth-order valence-corrected chi connectivity index (χ4v) is 12.5. The maximum Gasteiger partial charge on any atom is 0.184 e. The van der Waals surface area contributed by atoms with Crippen LogP contribution in [0.4, 0.5) is 17.1 Å². The minimum Gasteiger partial charge on any atom is -0.311 e. The average molecular weight is 645 g/mol. The summed E-state index contributed by atoms with van der Waals surface area (Å²) < 4.78 is 1.94. The van der Waals surface area contributed by atoms with Crippen LogP contribution in [-0.2, 0) is 0 Å². The Morgan fingerprint density at radius 1 is 0.388 bits per heavy atom. The van der Waals surface area contributed by atoms with Crippen LogP contribution in [0.1, 0.15) is 0 Å². The third-order valence-electron chi connectivity index (χ3n) is 9.54. The zero-order chi connectivity index (χ0) is 32.6. The number of para-hydroxylation sites is 3. The van der Waals surface area contributed by atoms with E-state index < -0.39 is 8.07 Å². The summed E-state index contributed by atoms with van der Waals surface area (Å²) in [6, 6.07) is 69.4. The molecule has 0 radical (unpaired) electrons. The molecule has 0 atom stereocenters. The Balaban J connectivity index is 1.19. The molecule has 0 fully saturated rings. The Bertz CT molecular complexity index is 2230. The second kappa shape index (κ2) is 12.1. The van der Waals surface area contributed by atoms with Crippen molar-refractivity contribution in [2.45, 2.75) is 0 Å². The monoisotopic (exact) mass is 644 g/mol. The van der Waals surface area contributed by atoms with Gasteiger partial charge in [0.2, 0.25) is 0 Å². The molecular formula is C44H32N4Si. The van der Waals surface area contributed by atoms with Gasteiger partial charge in [0.05, 0.1) is 5.69 Å². The molecule has 4 nitrogen and oxygen atoms in total. The lowest BCUT2D eigenvalue weighted by atomic mass is 10.1. The van der Waals surface area contributed by atoms with Gasteiger partial charge >= 0.3 is 0 Å². The van der Waals surface area contributed by atoms with Crippen LogP contribution >= 0.6 is 0 Å². The van der Waals surface area contributed by atoms with Crippen molar-refractivity contribution in [3.05, 3.63) is 194 Å². The van der Waals surface area contributed by atoms with E-state index in [1.165, 1.54) is 32.1 Å². The number of benzene rings is 7. The number of anilines is 3. The smallest absolute Gasteiger partial charge is 0.184 e. The van der Waals surface area contributed by atoms with Crippen molar-refractivity contribution in [3.63, 3.8) is 0 Å². The van der Waals surface area contributed by atoms with Gasteiger partial charge < -0.3 is 4.90 Å². The van der Waals surface area contributed by atoms with Gasteiger partial charge in [-0.1, -0.05) is 146 Å². The molecule has 1 aromatic heterocycles. The van der Waals surface area contributed by atoms with E-state index in [0.29, 0.717) is 5.82 Å². The van der Waals surface area contributed by atoms with Crippen molar-refractivity contribution in [1.29, 1.82) is 0 Å². The van der Waals surface area contributed by atoms with E-state index in [4.69, 9.17) is 10.1 Å². The van der Waals surface area contributed by atoms with Gasteiger partial charge in [0.1, 0.15) is 0 Å². The van der Waals surface area contributed by atoms with Gasteiger partial charge in [-0.25, -0.2) is 9.67 Å². The average Bonchev–Trinajstić information content (AvgIpc) is 3.64. The number of rotatable bonds is 6. The van der Waals surface area contributed by atoms with Crippen LogP contribution < -0.4 is 25.6 Å². The molecule has 0 aliphatic carbocycles. The molecule has 0 spiro atoms. The lowest BCUT2D eigenvalue weighted by Gasteiger charge is -2.45.